The van der Waals surface area contributed by atoms with Gasteiger partial charge in [-0.1, -0.05) is 26.0 Å². The molecule has 0 saturated heterocycles. The third-order valence-corrected chi connectivity index (χ3v) is 7.54. The second-order valence-corrected chi connectivity index (χ2v) is 10.4. The van der Waals surface area contributed by atoms with Crippen LogP contribution in [0, 0.1) is 0 Å². The fourth-order valence-electron chi connectivity index (χ4n) is 4.32. The molecule has 6 rings (SSSR count). The van der Waals surface area contributed by atoms with Gasteiger partial charge in [-0.15, -0.1) is 0 Å². The van der Waals surface area contributed by atoms with Crippen LogP contribution in [0.2, 0.25) is 0 Å². The minimum Gasteiger partial charge on any atom is -0.479 e. The van der Waals surface area contributed by atoms with Gasteiger partial charge in [-0.05, 0) is 90.1 Å². The number of benzene rings is 2. The number of methoxy groups -OCH3 is 2. The van der Waals surface area contributed by atoms with Crippen molar-refractivity contribution in [2.75, 3.05) is 24.9 Å². The normalized spacial score (nSPS) is 10.3. The fourth-order valence-corrected chi connectivity index (χ4v) is 4.91. The highest BCUT2D eigenvalue weighted by Crippen LogP contribution is 2.30. The Labute approximate surface area is 271 Å². The zero-order valence-electron chi connectivity index (χ0n) is 25.5. The van der Waals surface area contributed by atoms with Crippen LogP contribution in [-0.2, 0) is 6.54 Å². The summed E-state index contributed by atoms with van der Waals surface area (Å²) in [6, 6.07) is 23.8. The molecular formula is C33H36N8O2S2. The maximum absolute atomic E-state index is 5.53. The van der Waals surface area contributed by atoms with Crippen LogP contribution in [0.1, 0.15) is 19.4 Å². The number of pyridine rings is 4. The molecule has 6 N–H and O–H groups in total. The third kappa shape index (κ3) is 8.52. The second-order valence-electron chi connectivity index (χ2n) is 9.03. The van der Waals surface area contributed by atoms with Gasteiger partial charge in [0.05, 0.1) is 14.2 Å². The molecule has 0 aliphatic heterocycles. The molecule has 6 aromatic rings. The summed E-state index contributed by atoms with van der Waals surface area (Å²) in [6.45, 7) is 4.72. The average molecular weight is 641 g/mol. The zero-order valence-corrected chi connectivity index (χ0v) is 27.2. The molecular weight excluding hydrogens is 605 g/mol. The summed E-state index contributed by atoms with van der Waals surface area (Å²) >= 11 is 2.48. The van der Waals surface area contributed by atoms with Gasteiger partial charge in [0, 0.05) is 69.0 Å². The molecule has 10 nitrogen and oxygen atoms in total. The van der Waals surface area contributed by atoms with Crippen LogP contribution in [0.5, 0.6) is 11.8 Å². The van der Waals surface area contributed by atoms with Crippen molar-refractivity contribution < 1.29 is 9.47 Å². The summed E-state index contributed by atoms with van der Waals surface area (Å²) in [7, 11) is 3.19. The molecule has 4 aromatic heterocycles. The van der Waals surface area contributed by atoms with Crippen LogP contribution in [0.25, 0.3) is 21.8 Å². The largest absolute Gasteiger partial charge is 0.479 e. The summed E-state index contributed by atoms with van der Waals surface area (Å²) in [6.07, 6.45) is 6.92. The van der Waals surface area contributed by atoms with Gasteiger partial charge in [0.1, 0.15) is 11.0 Å². The van der Waals surface area contributed by atoms with Gasteiger partial charge in [0.15, 0.2) is 0 Å². The number of ether oxygens (including phenoxy) is 2. The molecule has 45 heavy (non-hydrogen) atoms. The minimum atomic E-state index is 0.519. The first-order chi connectivity index (χ1) is 22.1. The Hall–Kier alpha value is -4.62. The predicted octanol–water partition coefficient (Wildman–Crippen LogP) is 7.59. The van der Waals surface area contributed by atoms with E-state index < -0.39 is 0 Å². The number of fused-ring (bicyclic) bond motifs is 2. The lowest BCUT2D eigenvalue weighted by atomic mass is 10.2. The molecule has 0 saturated carbocycles. The standard InChI is InChI=1S/C16H16N4OS.C15H14N4OS.C2H6/c1-21-16-15-13(6-8-19-16)14(7-9-18-15)20-10-11-2-4-12(22-17)5-3-11;1-20-15-14-12(6-8-18-15)13(7-9-17-14)19-10-2-4-11(21-16)5-3-10;1-2/h2-9H,10,17H2,1H3,(H,18,20);2-9H,16H2,1H3,(H,17,19);1-2H3. The van der Waals surface area contributed by atoms with Gasteiger partial charge in [0.25, 0.3) is 0 Å². The maximum Gasteiger partial charge on any atom is 0.240 e. The van der Waals surface area contributed by atoms with E-state index in [0.717, 1.165) is 55.2 Å². The first-order valence-corrected chi connectivity index (χ1v) is 15.9. The first-order valence-electron chi connectivity index (χ1n) is 14.1. The number of nitrogens with two attached hydrogens (primary N) is 2. The van der Waals surface area contributed by atoms with E-state index in [1.807, 2.05) is 74.5 Å². The minimum absolute atomic E-state index is 0.519. The van der Waals surface area contributed by atoms with E-state index in [2.05, 4.69) is 42.7 Å². The Bertz CT molecular complexity index is 1810. The Morgan fingerprint density at radius 1 is 0.600 bits per heavy atom. The van der Waals surface area contributed by atoms with Crippen LogP contribution >= 0.6 is 23.9 Å². The molecule has 0 aliphatic carbocycles. The van der Waals surface area contributed by atoms with Gasteiger partial charge in [-0.3, -0.25) is 20.2 Å². The topological polar surface area (TPSA) is 146 Å². The number of anilines is 3. The Morgan fingerprint density at radius 3 is 1.58 bits per heavy atom. The summed E-state index contributed by atoms with van der Waals surface area (Å²) < 4.78 is 10.5. The van der Waals surface area contributed by atoms with Gasteiger partial charge in [0.2, 0.25) is 11.8 Å². The highest BCUT2D eigenvalue weighted by atomic mass is 32.2. The molecule has 0 radical (unpaired) electrons. The van der Waals surface area contributed by atoms with E-state index in [9.17, 15) is 0 Å². The molecule has 0 fully saturated rings. The molecule has 4 heterocycles. The second kappa shape index (κ2) is 17.0. The molecule has 2 aromatic carbocycles. The van der Waals surface area contributed by atoms with E-state index in [1.54, 1.807) is 39.0 Å². The fraction of sp³-hybridized carbons (Fsp3) is 0.152. The van der Waals surface area contributed by atoms with Crippen LogP contribution in [-0.4, -0.2) is 34.2 Å². The van der Waals surface area contributed by atoms with Gasteiger partial charge >= 0.3 is 0 Å². The number of hydrogen-bond donors (Lipinski definition) is 4. The van der Waals surface area contributed by atoms with Crippen LogP contribution in [0.4, 0.5) is 17.1 Å². The molecule has 0 aliphatic rings. The van der Waals surface area contributed by atoms with Crippen molar-refractivity contribution in [2.24, 2.45) is 10.3 Å². The van der Waals surface area contributed by atoms with E-state index >= 15 is 0 Å². The van der Waals surface area contributed by atoms with Gasteiger partial charge < -0.3 is 20.1 Å². The van der Waals surface area contributed by atoms with Crippen LogP contribution in [0.3, 0.4) is 0 Å². The zero-order chi connectivity index (χ0) is 32.0. The predicted molar refractivity (Wildman–Crippen MR) is 187 cm³/mol. The highest BCUT2D eigenvalue weighted by molar-refractivity contribution is 7.97. The lowest BCUT2D eigenvalue weighted by molar-refractivity contribution is 0.402. The van der Waals surface area contributed by atoms with Crippen molar-refractivity contribution >= 4 is 62.8 Å². The smallest absolute Gasteiger partial charge is 0.240 e. The Balaban J connectivity index is 0.000000194. The van der Waals surface area contributed by atoms with E-state index in [4.69, 9.17) is 19.8 Å². The average Bonchev–Trinajstić information content (AvgIpc) is 3.12. The van der Waals surface area contributed by atoms with Crippen molar-refractivity contribution in [3.05, 3.63) is 103 Å². The lowest BCUT2D eigenvalue weighted by Crippen LogP contribution is -2.01. The SMILES string of the molecule is CC.COc1nccc2c(NCc3ccc(SN)cc3)ccnc12.COc1nccc2c(Nc3ccc(SN)cc3)ccnc12. The summed E-state index contributed by atoms with van der Waals surface area (Å²) in [4.78, 5) is 19.1. The monoisotopic (exact) mass is 640 g/mol. The van der Waals surface area contributed by atoms with Gasteiger partial charge in [-0.2, -0.15) is 0 Å². The third-order valence-electron chi connectivity index (χ3n) is 6.45. The van der Waals surface area contributed by atoms with E-state index in [-0.39, 0.29) is 0 Å². The van der Waals surface area contributed by atoms with E-state index in [0.29, 0.717) is 11.8 Å². The molecule has 232 valence electrons. The number of aromatic nitrogens is 4. The molecule has 0 spiro atoms. The molecule has 12 heteroatoms. The number of nitrogens with zero attached hydrogens (tertiary/aromatic N) is 4. The number of nitrogens with one attached hydrogen (secondary N) is 2. The maximum atomic E-state index is 5.53. The molecule has 0 amide bonds. The van der Waals surface area contributed by atoms with Crippen molar-refractivity contribution in [2.45, 2.75) is 30.2 Å². The van der Waals surface area contributed by atoms with Crippen molar-refractivity contribution in [1.82, 2.24) is 19.9 Å². The summed E-state index contributed by atoms with van der Waals surface area (Å²) in [5, 5.41) is 19.8. The quantitative estimate of drug-likeness (QED) is 0.115. The lowest BCUT2D eigenvalue weighted by Gasteiger charge is -2.11. The van der Waals surface area contributed by atoms with Crippen molar-refractivity contribution in [3.8, 4) is 11.8 Å². The Kier molecular flexibility index (Phi) is 12.6. The summed E-state index contributed by atoms with van der Waals surface area (Å²) in [5.41, 5.74) is 5.61. The van der Waals surface area contributed by atoms with Crippen molar-refractivity contribution in [1.29, 1.82) is 0 Å². The number of rotatable bonds is 9. The summed E-state index contributed by atoms with van der Waals surface area (Å²) in [5.74, 6) is 1.05. The van der Waals surface area contributed by atoms with Gasteiger partial charge in [-0.25, -0.2) is 9.97 Å². The molecule has 0 bridgehead atoms. The van der Waals surface area contributed by atoms with E-state index in [1.165, 1.54) is 29.5 Å². The molecule has 0 unspecified atom stereocenters. The highest BCUT2D eigenvalue weighted by Gasteiger charge is 2.09. The van der Waals surface area contributed by atoms with Crippen LogP contribution in [0.15, 0.2) is 107 Å². The Morgan fingerprint density at radius 2 is 1.07 bits per heavy atom. The first kappa shape index (κ1) is 33.3. The van der Waals surface area contributed by atoms with Crippen molar-refractivity contribution in [3.63, 3.8) is 0 Å². The van der Waals surface area contributed by atoms with Crippen LogP contribution < -0.4 is 30.4 Å². The molecule has 0 atom stereocenters. The number of hydrogen-bond acceptors (Lipinski definition) is 12.